The van der Waals surface area contributed by atoms with Gasteiger partial charge in [0.05, 0.1) is 12.5 Å². The van der Waals surface area contributed by atoms with E-state index in [9.17, 15) is 0 Å². The SMILES string of the molecule is COc1ccc(-c2nc(SC(C)C)c3cccnc3n2)cc1. The van der Waals surface area contributed by atoms with Crippen molar-refractivity contribution in [1.82, 2.24) is 15.0 Å². The van der Waals surface area contributed by atoms with Crippen molar-refractivity contribution in [3.63, 3.8) is 0 Å². The molecule has 4 nitrogen and oxygen atoms in total. The maximum absolute atomic E-state index is 5.19. The molecule has 0 atom stereocenters. The zero-order chi connectivity index (χ0) is 15.5. The summed E-state index contributed by atoms with van der Waals surface area (Å²) in [6, 6.07) is 11.7. The van der Waals surface area contributed by atoms with E-state index in [1.165, 1.54) is 0 Å². The first-order valence-corrected chi connectivity index (χ1v) is 7.99. The minimum Gasteiger partial charge on any atom is -0.497 e. The number of hydrogen-bond acceptors (Lipinski definition) is 5. The van der Waals surface area contributed by atoms with Crippen LogP contribution in [-0.2, 0) is 0 Å². The number of thioether (sulfide) groups is 1. The molecule has 0 saturated heterocycles. The van der Waals surface area contributed by atoms with Crippen LogP contribution >= 0.6 is 11.8 Å². The maximum atomic E-state index is 5.19. The Morgan fingerprint density at radius 1 is 1.05 bits per heavy atom. The second-order valence-corrected chi connectivity index (χ2v) is 6.69. The van der Waals surface area contributed by atoms with E-state index in [0.29, 0.717) is 11.1 Å². The van der Waals surface area contributed by atoms with E-state index in [1.807, 2.05) is 36.4 Å². The van der Waals surface area contributed by atoms with E-state index < -0.39 is 0 Å². The first kappa shape index (κ1) is 14.8. The zero-order valence-corrected chi connectivity index (χ0v) is 13.6. The van der Waals surface area contributed by atoms with Crippen molar-refractivity contribution < 1.29 is 4.74 Å². The van der Waals surface area contributed by atoms with Gasteiger partial charge in [0, 0.05) is 17.0 Å². The van der Waals surface area contributed by atoms with Gasteiger partial charge < -0.3 is 4.74 Å². The maximum Gasteiger partial charge on any atom is 0.164 e. The number of pyridine rings is 1. The fraction of sp³-hybridized carbons (Fsp3) is 0.235. The fourth-order valence-electron chi connectivity index (χ4n) is 2.12. The van der Waals surface area contributed by atoms with Crippen LogP contribution in [0.1, 0.15) is 13.8 Å². The van der Waals surface area contributed by atoms with E-state index in [-0.39, 0.29) is 0 Å². The molecule has 0 N–H and O–H groups in total. The first-order valence-electron chi connectivity index (χ1n) is 7.11. The van der Waals surface area contributed by atoms with Crippen LogP contribution < -0.4 is 4.74 Å². The van der Waals surface area contributed by atoms with Crippen LogP contribution in [0.3, 0.4) is 0 Å². The van der Waals surface area contributed by atoms with Crippen molar-refractivity contribution in [2.75, 3.05) is 7.11 Å². The molecule has 3 rings (SSSR count). The van der Waals surface area contributed by atoms with Crippen LogP contribution in [0.5, 0.6) is 5.75 Å². The van der Waals surface area contributed by atoms with Gasteiger partial charge in [0.15, 0.2) is 11.5 Å². The minimum atomic E-state index is 0.446. The Balaban J connectivity index is 2.12. The molecule has 112 valence electrons. The topological polar surface area (TPSA) is 47.9 Å². The minimum absolute atomic E-state index is 0.446. The first-order chi connectivity index (χ1) is 10.7. The zero-order valence-electron chi connectivity index (χ0n) is 12.8. The Labute approximate surface area is 134 Å². The number of rotatable bonds is 4. The predicted octanol–water partition coefficient (Wildman–Crippen LogP) is 4.20. The Hall–Kier alpha value is -2.14. The van der Waals surface area contributed by atoms with Crippen LogP contribution in [-0.4, -0.2) is 27.3 Å². The van der Waals surface area contributed by atoms with Crippen LogP contribution in [0.25, 0.3) is 22.4 Å². The van der Waals surface area contributed by atoms with Gasteiger partial charge >= 0.3 is 0 Å². The predicted molar refractivity (Wildman–Crippen MR) is 90.3 cm³/mol. The van der Waals surface area contributed by atoms with Crippen LogP contribution in [0.2, 0.25) is 0 Å². The normalized spacial score (nSPS) is 11.1. The number of nitrogens with zero attached hydrogens (tertiary/aromatic N) is 3. The highest BCUT2D eigenvalue weighted by Crippen LogP contribution is 2.30. The molecule has 0 amide bonds. The molecule has 1 aromatic carbocycles. The molecule has 0 aliphatic heterocycles. The molecule has 0 fully saturated rings. The van der Waals surface area contributed by atoms with Crippen molar-refractivity contribution in [3.05, 3.63) is 42.6 Å². The summed E-state index contributed by atoms with van der Waals surface area (Å²) in [5, 5.41) is 2.42. The largest absolute Gasteiger partial charge is 0.497 e. The summed E-state index contributed by atoms with van der Waals surface area (Å²) in [7, 11) is 1.66. The highest BCUT2D eigenvalue weighted by molar-refractivity contribution is 8.00. The van der Waals surface area contributed by atoms with Crippen LogP contribution in [0.15, 0.2) is 47.6 Å². The summed E-state index contributed by atoms with van der Waals surface area (Å²) in [5.41, 5.74) is 1.69. The van der Waals surface area contributed by atoms with Crippen LogP contribution in [0, 0.1) is 0 Å². The van der Waals surface area contributed by atoms with E-state index >= 15 is 0 Å². The van der Waals surface area contributed by atoms with Crippen LogP contribution in [0.4, 0.5) is 0 Å². The van der Waals surface area contributed by atoms with Gasteiger partial charge in [0.25, 0.3) is 0 Å². The second kappa shape index (κ2) is 6.32. The summed E-state index contributed by atoms with van der Waals surface area (Å²) >= 11 is 1.73. The Morgan fingerprint density at radius 3 is 2.50 bits per heavy atom. The van der Waals surface area contributed by atoms with Gasteiger partial charge in [-0.1, -0.05) is 13.8 Å². The molecule has 0 unspecified atom stereocenters. The van der Waals surface area contributed by atoms with Crippen molar-refractivity contribution in [3.8, 4) is 17.1 Å². The van der Waals surface area contributed by atoms with Crippen molar-refractivity contribution in [2.45, 2.75) is 24.1 Å². The lowest BCUT2D eigenvalue weighted by molar-refractivity contribution is 0.415. The third-order valence-electron chi connectivity index (χ3n) is 3.13. The standard InChI is InChI=1S/C17H17N3OS/c1-11(2)22-17-14-5-4-10-18-16(14)19-15(20-17)12-6-8-13(21-3)9-7-12/h4-11H,1-3H3. The summed E-state index contributed by atoms with van der Waals surface area (Å²) in [4.78, 5) is 13.7. The number of methoxy groups -OCH3 is 1. The lowest BCUT2D eigenvalue weighted by atomic mass is 10.2. The molecule has 0 bridgehead atoms. The number of ether oxygens (including phenoxy) is 1. The van der Waals surface area contributed by atoms with Crippen molar-refractivity contribution in [2.24, 2.45) is 0 Å². The molecule has 0 aliphatic rings. The monoisotopic (exact) mass is 311 g/mol. The van der Waals surface area contributed by atoms with Gasteiger partial charge in [-0.15, -0.1) is 11.8 Å². The average Bonchev–Trinajstić information content (AvgIpc) is 2.54. The summed E-state index contributed by atoms with van der Waals surface area (Å²) < 4.78 is 5.19. The van der Waals surface area contributed by atoms with Crippen molar-refractivity contribution in [1.29, 1.82) is 0 Å². The summed E-state index contributed by atoms with van der Waals surface area (Å²) in [5.74, 6) is 1.51. The number of aromatic nitrogens is 3. The lowest BCUT2D eigenvalue weighted by Crippen LogP contribution is -1.97. The molecule has 2 heterocycles. The number of benzene rings is 1. The summed E-state index contributed by atoms with van der Waals surface area (Å²) in [6.45, 7) is 4.31. The van der Waals surface area contributed by atoms with Crippen molar-refractivity contribution >= 4 is 22.8 Å². The van der Waals surface area contributed by atoms with E-state index in [0.717, 1.165) is 27.4 Å². The van der Waals surface area contributed by atoms with E-state index in [1.54, 1.807) is 25.1 Å². The van der Waals surface area contributed by atoms with Gasteiger partial charge in [-0.05, 0) is 36.4 Å². The van der Waals surface area contributed by atoms with Gasteiger partial charge in [-0.25, -0.2) is 15.0 Å². The quantitative estimate of drug-likeness (QED) is 0.534. The molecule has 2 aromatic heterocycles. The van der Waals surface area contributed by atoms with Gasteiger partial charge in [-0.3, -0.25) is 0 Å². The third-order valence-corrected chi connectivity index (χ3v) is 4.14. The lowest BCUT2D eigenvalue weighted by Gasteiger charge is -2.10. The van der Waals surface area contributed by atoms with Gasteiger partial charge in [0.1, 0.15) is 10.8 Å². The number of fused-ring (bicyclic) bond motifs is 1. The van der Waals surface area contributed by atoms with Gasteiger partial charge in [0.2, 0.25) is 0 Å². The second-order valence-electron chi connectivity index (χ2n) is 5.12. The molecule has 5 heteroatoms. The highest BCUT2D eigenvalue weighted by Gasteiger charge is 2.12. The molecule has 22 heavy (non-hydrogen) atoms. The molecule has 0 saturated carbocycles. The summed E-state index contributed by atoms with van der Waals surface area (Å²) in [6.07, 6.45) is 1.76. The fourth-order valence-corrected chi connectivity index (χ4v) is 2.99. The Morgan fingerprint density at radius 2 is 1.82 bits per heavy atom. The molecule has 0 spiro atoms. The highest BCUT2D eigenvalue weighted by atomic mass is 32.2. The van der Waals surface area contributed by atoms with Gasteiger partial charge in [-0.2, -0.15) is 0 Å². The number of hydrogen-bond donors (Lipinski definition) is 0. The molecule has 0 aliphatic carbocycles. The molecular formula is C17H17N3OS. The smallest absolute Gasteiger partial charge is 0.164 e. The Bertz CT molecular complexity index is 788. The molecular weight excluding hydrogens is 294 g/mol. The third kappa shape index (κ3) is 3.04. The molecule has 3 aromatic rings. The van der Waals surface area contributed by atoms with E-state index in [4.69, 9.17) is 9.72 Å². The molecule has 0 radical (unpaired) electrons. The average molecular weight is 311 g/mol. The van der Waals surface area contributed by atoms with E-state index in [2.05, 4.69) is 23.8 Å². The Kier molecular flexibility index (Phi) is 4.24.